The zero-order valence-corrected chi connectivity index (χ0v) is 14.0. The molecule has 2 aromatic carbocycles. The number of pyridine rings is 1. The molecule has 3 aromatic rings. The van der Waals surface area contributed by atoms with Crippen LogP contribution >= 0.6 is 0 Å². The van der Waals surface area contributed by atoms with Gasteiger partial charge in [0.2, 0.25) is 5.91 Å². The zero-order valence-electron chi connectivity index (χ0n) is 14.0. The third-order valence-corrected chi connectivity index (χ3v) is 3.75. The van der Waals surface area contributed by atoms with E-state index in [1.54, 1.807) is 38.6 Å². The predicted molar refractivity (Wildman–Crippen MR) is 99.0 cm³/mol. The molecule has 5 heteroatoms. The van der Waals surface area contributed by atoms with Crippen LogP contribution in [0.1, 0.15) is 5.56 Å². The molecule has 0 aliphatic carbocycles. The number of ether oxygens (including phenoxy) is 2. The summed E-state index contributed by atoms with van der Waals surface area (Å²) in [6, 6.07) is 14.8. The molecule has 0 bridgehead atoms. The van der Waals surface area contributed by atoms with E-state index in [2.05, 4.69) is 10.3 Å². The highest BCUT2D eigenvalue weighted by atomic mass is 16.5. The second kappa shape index (κ2) is 7.49. The van der Waals surface area contributed by atoms with Crippen LogP contribution in [0, 0.1) is 0 Å². The van der Waals surface area contributed by atoms with Crippen molar-refractivity contribution in [3.8, 4) is 11.5 Å². The van der Waals surface area contributed by atoms with E-state index in [0.717, 1.165) is 22.2 Å². The van der Waals surface area contributed by atoms with Gasteiger partial charge in [-0.2, -0.15) is 0 Å². The lowest BCUT2D eigenvalue weighted by Crippen LogP contribution is -2.08. The lowest BCUT2D eigenvalue weighted by molar-refractivity contribution is -0.111. The Hall–Kier alpha value is -3.34. The maximum Gasteiger partial charge on any atom is 0.248 e. The van der Waals surface area contributed by atoms with Crippen molar-refractivity contribution in [2.75, 3.05) is 19.5 Å². The van der Waals surface area contributed by atoms with Gasteiger partial charge < -0.3 is 14.8 Å². The first kappa shape index (κ1) is 16.5. The second-order valence-corrected chi connectivity index (χ2v) is 5.31. The molecule has 0 spiro atoms. The SMILES string of the molecule is COc1ccc(OC)c(/C=C/C(=O)Nc2cccc3ncccc23)c1. The summed E-state index contributed by atoms with van der Waals surface area (Å²) in [4.78, 5) is 16.6. The Morgan fingerprint density at radius 2 is 1.96 bits per heavy atom. The number of amides is 1. The Bertz CT molecular complexity index is 930. The van der Waals surface area contributed by atoms with Crippen molar-refractivity contribution in [2.24, 2.45) is 0 Å². The van der Waals surface area contributed by atoms with Gasteiger partial charge in [0.15, 0.2) is 0 Å². The van der Waals surface area contributed by atoms with Crippen molar-refractivity contribution in [3.05, 3.63) is 66.4 Å². The van der Waals surface area contributed by atoms with Crippen LogP contribution in [-0.2, 0) is 4.79 Å². The molecule has 5 nitrogen and oxygen atoms in total. The van der Waals surface area contributed by atoms with Gasteiger partial charge >= 0.3 is 0 Å². The molecule has 0 aliphatic heterocycles. The topological polar surface area (TPSA) is 60.5 Å². The van der Waals surface area contributed by atoms with Gasteiger partial charge in [0.05, 0.1) is 25.4 Å². The molecule has 0 radical (unpaired) electrons. The van der Waals surface area contributed by atoms with Crippen molar-refractivity contribution >= 4 is 28.6 Å². The average Bonchev–Trinajstić information content (AvgIpc) is 2.66. The van der Waals surface area contributed by atoms with Crippen LogP contribution in [0.25, 0.3) is 17.0 Å². The normalized spacial score (nSPS) is 10.8. The lowest BCUT2D eigenvalue weighted by Gasteiger charge is -2.08. The number of rotatable bonds is 5. The summed E-state index contributed by atoms with van der Waals surface area (Å²) in [6.45, 7) is 0. The Balaban J connectivity index is 1.81. The van der Waals surface area contributed by atoms with Gasteiger partial charge in [-0.15, -0.1) is 0 Å². The zero-order chi connectivity index (χ0) is 17.6. The number of nitrogens with zero attached hydrogens (tertiary/aromatic N) is 1. The Morgan fingerprint density at radius 1 is 1.08 bits per heavy atom. The fourth-order valence-corrected chi connectivity index (χ4v) is 2.52. The lowest BCUT2D eigenvalue weighted by atomic mass is 10.1. The number of carbonyl (C=O) groups excluding carboxylic acids is 1. The number of aromatic nitrogens is 1. The largest absolute Gasteiger partial charge is 0.497 e. The molecule has 1 N–H and O–H groups in total. The summed E-state index contributed by atoms with van der Waals surface area (Å²) in [5.74, 6) is 1.13. The summed E-state index contributed by atoms with van der Waals surface area (Å²) in [5, 5.41) is 3.78. The molecule has 25 heavy (non-hydrogen) atoms. The number of benzene rings is 2. The van der Waals surface area contributed by atoms with Crippen LogP contribution in [0.2, 0.25) is 0 Å². The quantitative estimate of drug-likeness (QED) is 0.719. The summed E-state index contributed by atoms with van der Waals surface area (Å²) in [7, 11) is 3.18. The molecule has 0 saturated heterocycles. The van der Waals surface area contributed by atoms with E-state index in [-0.39, 0.29) is 5.91 Å². The van der Waals surface area contributed by atoms with Crippen LogP contribution in [0.3, 0.4) is 0 Å². The van der Waals surface area contributed by atoms with Crippen LogP contribution in [0.4, 0.5) is 5.69 Å². The van der Waals surface area contributed by atoms with Crippen LogP contribution in [0.5, 0.6) is 11.5 Å². The van der Waals surface area contributed by atoms with E-state index in [9.17, 15) is 4.79 Å². The number of hydrogen-bond donors (Lipinski definition) is 1. The van der Waals surface area contributed by atoms with Crippen LogP contribution < -0.4 is 14.8 Å². The maximum atomic E-state index is 12.3. The predicted octanol–water partition coefficient (Wildman–Crippen LogP) is 3.90. The highest BCUT2D eigenvalue weighted by Crippen LogP contribution is 2.25. The van der Waals surface area contributed by atoms with Crippen molar-refractivity contribution in [1.29, 1.82) is 0 Å². The number of hydrogen-bond acceptors (Lipinski definition) is 4. The average molecular weight is 334 g/mol. The van der Waals surface area contributed by atoms with Gasteiger partial charge in [0.1, 0.15) is 11.5 Å². The van der Waals surface area contributed by atoms with Gasteiger partial charge in [0.25, 0.3) is 0 Å². The second-order valence-electron chi connectivity index (χ2n) is 5.31. The Morgan fingerprint density at radius 3 is 2.76 bits per heavy atom. The molecule has 1 heterocycles. The molecule has 1 aromatic heterocycles. The Kier molecular flexibility index (Phi) is 4.95. The van der Waals surface area contributed by atoms with E-state index in [1.165, 1.54) is 6.08 Å². The fraction of sp³-hybridized carbons (Fsp3) is 0.100. The monoisotopic (exact) mass is 334 g/mol. The highest BCUT2D eigenvalue weighted by Gasteiger charge is 2.05. The van der Waals surface area contributed by atoms with E-state index in [1.807, 2.05) is 36.4 Å². The first-order valence-corrected chi connectivity index (χ1v) is 7.76. The minimum absolute atomic E-state index is 0.235. The number of fused-ring (bicyclic) bond motifs is 1. The van der Waals surface area contributed by atoms with Gasteiger partial charge in [0, 0.05) is 23.2 Å². The van der Waals surface area contributed by atoms with Crippen molar-refractivity contribution in [3.63, 3.8) is 0 Å². The minimum atomic E-state index is -0.235. The standard InChI is InChI=1S/C20H18N2O3/c1-24-15-9-10-19(25-2)14(13-15)8-11-20(23)22-18-7-3-6-17-16(18)5-4-12-21-17/h3-13H,1-2H3,(H,22,23)/b11-8+. The van der Waals surface area contributed by atoms with Crippen LogP contribution in [0.15, 0.2) is 60.8 Å². The third kappa shape index (κ3) is 3.77. The van der Waals surface area contributed by atoms with Gasteiger partial charge in [-0.05, 0) is 48.5 Å². The molecule has 3 rings (SSSR count). The smallest absolute Gasteiger partial charge is 0.248 e. The van der Waals surface area contributed by atoms with Crippen LogP contribution in [-0.4, -0.2) is 25.1 Å². The van der Waals surface area contributed by atoms with E-state index in [4.69, 9.17) is 9.47 Å². The number of anilines is 1. The summed E-state index contributed by atoms with van der Waals surface area (Å²) in [6.07, 6.45) is 4.88. The summed E-state index contributed by atoms with van der Waals surface area (Å²) < 4.78 is 10.5. The molecular weight excluding hydrogens is 316 g/mol. The highest BCUT2D eigenvalue weighted by molar-refractivity contribution is 6.07. The summed E-state index contributed by atoms with van der Waals surface area (Å²) >= 11 is 0. The Labute approximate surface area is 145 Å². The molecule has 126 valence electrons. The third-order valence-electron chi connectivity index (χ3n) is 3.75. The minimum Gasteiger partial charge on any atom is -0.497 e. The molecule has 0 unspecified atom stereocenters. The molecule has 0 fully saturated rings. The van der Waals surface area contributed by atoms with Gasteiger partial charge in [-0.25, -0.2) is 0 Å². The first-order chi connectivity index (χ1) is 12.2. The van der Waals surface area contributed by atoms with Gasteiger partial charge in [-0.3, -0.25) is 9.78 Å². The van der Waals surface area contributed by atoms with Crippen molar-refractivity contribution in [2.45, 2.75) is 0 Å². The van der Waals surface area contributed by atoms with E-state index >= 15 is 0 Å². The maximum absolute atomic E-state index is 12.3. The molecule has 0 saturated carbocycles. The summed E-state index contributed by atoms with van der Waals surface area (Å²) in [5.41, 5.74) is 2.31. The molecule has 1 amide bonds. The molecule has 0 atom stereocenters. The van der Waals surface area contributed by atoms with E-state index < -0.39 is 0 Å². The number of carbonyl (C=O) groups is 1. The molecule has 0 aliphatic rings. The van der Waals surface area contributed by atoms with Crippen molar-refractivity contribution in [1.82, 2.24) is 4.98 Å². The number of nitrogens with one attached hydrogen (secondary N) is 1. The molecular formula is C20H18N2O3. The van der Waals surface area contributed by atoms with E-state index in [0.29, 0.717) is 11.5 Å². The first-order valence-electron chi connectivity index (χ1n) is 7.76. The number of methoxy groups -OCH3 is 2. The van der Waals surface area contributed by atoms with Crippen molar-refractivity contribution < 1.29 is 14.3 Å². The van der Waals surface area contributed by atoms with Gasteiger partial charge in [-0.1, -0.05) is 6.07 Å². The fourth-order valence-electron chi connectivity index (χ4n) is 2.52.